The second-order valence-electron chi connectivity index (χ2n) is 6.33. The maximum absolute atomic E-state index is 3.80. The summed E-state index contributed by atoms with van der Waals surface area (Å²) in [6.45, 7) is 5.60. The summed E-state index contributed by atoms with van der Waals surface area (Å²) in [5, 5.41) is 3.80. The van der Waals surface area contributed by atoms with E-state index in [9.17, 15) is 0 Å². The van der Waals surface area contributed by atoms with Crippen molar-refractivity contribution in [3.8, 4) is 0 Å². The van der Waals surface area contributed by atoms with Crippen LogP contribution in [0, 0.1) is 24.7 Å². The number of nitrogens with one attached hydrogen (secondary N) is 1. The highest BCUT2D eigenvalue weighted by atomic mass is 14.9. The first-order valence-electron chi connectivity index (χ1n) is 7.58. The monoisotopic (exact) mass is 243 g/mol. The topological polar surface area (TPSA) is 12.0 Å². The molecule has 3 unspecified atom stereocenters. The molecule has 0 amide bonds. The van der Waals surface area contributed by atoms with Gasteiger partial charge >= 0.3 is 0 Å². The van der Waals surface area contributed by atoms with Crippen LogP contribution in [0.3, 0.4) is 0 Å². The molecule has 0 bridgehead atoms. The minimum absolute atomic E-state index is 0.595. The molecule has 3 atom stereocenters. The molecular weight excluding hydrogens is 218 g/mol. The Labute approximate surface area is 111 Å². The average molecular weight is 243 g/mol. The van der Waals surface area contributed by atoms with Crippen LogP contribution in [0.5, 0.6) is 0 Å². The Morgan fingerprint density at radius 2 is 2.00 bits per heavy atom. The Hall–Kier alpha value is -0.820. The Balaban J connectivity index is 1.76. The molecule has 0 aromatic heterocycles. The van der Waals surface area contributed by atoms with E-state index in [0.717, 1.165) is 24.3 Å². The number of rotatable bonds is 5. The summed E-state index contributed by atoms with van der Waals surface area (Å²) in [5.74, 6) is 3.03. The van der Waals surface area contributed by atoms with Crippen LogP contribution in [0.2, 0.25) is 0 Å². The Morgan fingerprint density at radius 1 is 1.22 bits per heavy atom. The van der Waals surface area contributed by atoms with Crippen molar-refractivity contribution in [1.82, 2.24) is 5.32 Å². The van der Waals surface area contributed by atoms with Gasteiger partial charge in [-0.2, -0.15) is 0 Å². The van der Waals surface area contributed by atoms with Crippen LogP contribution in [-0.2, 0) is 0 Å². The Bertz CT molecular complexity index is 402. The lowest BCUT2D eigenvalue weighted by Crippen LogP contribution is -2.28. The molecule has 0 saturated heterocycles. The van der Waals surface area contributed by atoms with Crippen LogP contribution < -0.4 is 5.32 Å². The van der Waals surface area contributed by atoms with Gasteiger partial charge in [0.2, 0.25) is 0 Å². The van der Waals surface area contributed by atoms with E-state index in [-0.39, 0.29) is 0 Å². The molecule has 0 radical (unpaired) electrons. The zero-order chi connectivity index (χ0) is 12.5. The molecule has 1 nitrogen and oxygen atoms in total. The second-order valence-corrected chi connectivity index (χ2v) is 6.33. The zero-order valence-corrected chi connectivity index (χ0v) is 11.7. The molecule has 3 rings (SSSR count). The van der Waals surface area contributed by atoms with E-state index >= 15 is 0 Å². The number of hydrogen-bond donors (Lipinski definition) is 1. The highest BCUT2D eigenvalue weighted by molar-refractivity contribution is 5.26. The summed E-state index contributed by atoms with van der Waals surface area (Å²) >= 11 is 0. The van der Waals surface area contributed by atoms with Gasteiger partial charge < -0.3 is 5.32 Å². The van der Waals surface area contributed by atoms with Gasteiger partial charge in [-0.05, 0) is 62.5 Å². The van der Waals surface area contributed by atoms with Gasteiger partial charge in [0.15, 0.2) is 0 Å². The third-order valence-electron chi connectivity index (χ3n) is 4.77. The molecule has 1 aromatic carbocycles. The highest BCUT2D eigenvalue weighted by Gasteiger charge is 2.47. The maximum Gasteiger partial charge on any atom is 0.0348 e. The first kappa shape index (κ1) is 12.2. The fraction of sp³-hybridized carbons (Fsp3) is 0.647. The SMILES string of the molecule is CCCNC(c1cccc(C)c1)C1CC2CC2C1. The van der Waals surface area contributed by atoms with Crippen LogP contribution in [0.4, 0.5) is 0 Å². The summed E-state index contributed by atoms with van der Waals surface area (Å²) in [4.78, 5) is 0. The van der Waals surface area contributed by atoms with E-state index in [1.807, 2.05) is 0 Å². The number of aryl methyl sites for hydroxylation is 1. The van der Waals surface area contributed by atoms with E-state index in [4.69, 9.17) is 0 Å². The largest absolute Gasteiger partial charge is 0.310 e. The van der Waals surface area contributed by atoms with Crippen molar-refractivity contribution in [2.75, 3.05) is 6.54 Å². The second kappa shape index (κ2) is 5.05. The van der Waals surface area contributed by atoms with E-state index in [1.54, 1.807) is 0 Å². The number of benzene rings is 1. The minimum Gasteiger partial charge on any atom is -0.310 e. The molecule has 2 saturated carbocycles. The summed E-state index contributed by atoms with van der Waals surface area (Å²) < 4.78 is 0. The molecular formula is C17H25N. The van der Waals surface area contributed by atoms with Crippen molar-refractivity contribution in [3.63, 3.8) is 0 Å². The molecule has 0 aliphatic heterocycles. The molecule has 98 valence electrons. The van der Waals surface area contributed by atoms with Crippen LogP contribution in [-0.4, -0.2) is 6.54 Å². The van der Waals surface area contributed by atoms with Crippen LogP contribution in [0.25, 0.3) is 0 Å². The van der Waals surface area contributed by atoms with Crippen molar-refractivity contribution in [3.05, 3.63) is 35.4 Å². The lowest BCUT2D eigenvalue weighted by molar-refractivity contribution is 0.341. The zero-order valence-electron chi connectivity index (χ0n) is 11.7. The fourth-order valence-electron chi connectivity index (χ4n) is 3.75. The third kappa shape index (κ3) is 2.47. The van der Waals surface area contributed by atoms with Crippen molar-refractivity contribution < 1.29 is 0 Å². The smallest absolute Gasteiger partial charge is 0.0348 e. The normalized spacial score (nSPS) is 31.1. The van der Waals surface area contributed by atoms with Gasteiger partial charge in [-0.15, -0.1) is 0 Å². The van der Waals surface area contributed by atoms with Crippen LogP contribution in [0.15, 0.2) is 24.3 Å². The number of hydrogen-bond acceptors (Lipinski definition) is 1. The lowest BCUT2D eigenvalue weighted by Gasteiger charge is -2.27. The van der Waals surface area contributed by atoms with Gasteiger partial charge in [0.05, 0.1) is 0 Å². The first-order valence-corrected chi connectivity index (χ1v) is 7.58. The van der Waals surface area contributed by atoms with Gasteiger partial charge in [-0.25, -0.2) is 0 Å². The van der Waals surface area contributed by atoms with Crippen molar-refractivity contribution in [2.45, 2.75) is 45.6 Å². The Kier molecular flexibility index (Phi) is 3.43. The molecule has 0 heterocycles. The fourth-order valence-corrected chi connectivity index (χ4v) is 3.75. The summed E-state index contributed by atoms with van der Waals surface area (Å²) in [6, 6.07) is 9.69. The molecule has 18 heavy (non-hydrogen) atoms. The predicted molar refractivity (Wildman–Crippen MR) is 76.5 cm³/mol. The molecule has 0 spiro atoms. The van der Waals surface area contributed by atoms with E-state index in [2.05, 4.69) is 43.4 Å². The summed E-state index contributed by atoms with van der Waals surface area (Å²) in [7, 11) is 0. The predicted octanol–water partition coefficient (Wildman–Crippen LogP) is 4.08. The molecule has 2 fully saturated rings. The molecule has 2 aliphatic rings. The van der Waals surface area contributed by atoms with Gasteiger partial charge in [-0.3, -0.25) is 0 Å². The molecule has 1 N–H and O–H groups in total. The van der Waals surface area contributed by atoms with E-state index < -0.39 is 0 Å². The lowest BCUT2D eigenvalue weighted by atomic mass is 9.88. The Morgan fingerprint density at radius 3 is 2.67 bits per heavy atom. The van der Waals surface area contributed by atoms with Gasteiger partial charge in [0.1, 0.15) is 0 Å². The van der Waals surface area contributed by atoms with Crippen LogP contribution in [0.1, 0.15) is 49.8 Å². The van der Waals surface area contributed by atoms with Crippen molar-refractivity contribution in [1.29, 1.82) is 0 Å². The molecule has 1 aromatic rings. The summed E-state index contributed by atoms with van der Waals surface area (Å²) in [5.41, 5.74) is 2.90. The molecule has 2 aliphatic carbocycles. The van der Waals surface area contributed by atoms with Gasteiger partial charge in [0, 0.05) is 6.04 Å². The quantitative estimate of drug-likeness (QED) is 0.821. The standard InChI is InChI=1S/C17H25N/c1-3-7-18-17(13-6-4-5-12(2)8-13)16-10-14-9-15(14)11-16/h4-6,8,14-18H,3,7,9-11H2,1-2H3. The van der Waals surface area contributed by atoms with E-state index in [1.165, 1.54) is 36.8 Å². The minimum atomic E-state index is 0.595. The van der Waals surface area contributed by atoms with Crippen LogP contribution >= 0.6 is 0 Å². The number of fused-ring (bicyclic) bond motifs is 1. The van der Waals surface area contributed by atoms with Crippen molar-refractivity contribution in [2.24, 2.45) is 17.8 Å². The summed E-state index contributed by atoms with van der Waals surface area (Å²) in [6.07, 6.45) is 5.66. The molecule has 1 heteroatoms. The third-order valence-corrected chi connectivity index (χ3v) is 4.77. The van der Waals surface area contributed by atoms with Gasteiger partial charge in [-0.1, -0.05) is 36.8 Å². The maximum atomic E-state index is 3.80. The average Bonchev–Trinajstić information content (AvgIpc) is 2.97. The first-order chi connectivity index (χ1) is 8.78. The van der Waals surface area contributed by atoms with Gasteiger partial charge in [0.25, 0.3) is 0 Å². The van der Waals surface area contributed by atoms with Crippen molar-refractivity contribution >= 4 is 0 Å². The highest BCUT2D eigenvalue weighted by Crippen LogP contribution is 2.57. The van der Waals surface area contributed by atoms with E-state index in [0.29, 0.717) is 6.04 Å².